The number of nitrogens with one attached hydrogen (secondary N) is 2. The summed E-state index contributed by atoms with van der Waals surface area (Å²) < 4.78 is 0.758. The molecule has 0 spiro atoms. The number of anilines is 1. The van der Waals surface area contributed by atoms with Gasteiger partial charge in [-0.25, -0.2) is 9.59 Å². The Morgan fingerprint density at radius 3 is 2.60 bits per heavy atom. The van der Waals surface area contributed by atoms with E-state index in [1.807, 2.05) is 13.8 Å². The predicted octanol–water partition coefficient (Wildman–Crippen LogP) is 3.72. The first-order valence-corrected chi connectivity index (χ1v) is 7.22. The molecule has 0 saturated carbocycles. The van der Waals surface area contributed by atoms with Crippen molar-refractivity contribution in [1.82, 2.24) is 5.32 Å². The third-order valence-corrected chi connectivity index (χ3v) is 3.31. The maximum absolute atomic E-state index is 11.8. The van der Waals surface area contributed by atoms with E-state index < -0.39 is 18.0 Å². The van der Waals surface area contributed by atoms with Crippen LogP contribution >= 0.6 is 27.5 Å². The van der Waals surface area contributed by atoms with Crippen LogP contribution in [0.5, 0.6) is 0 Å². The van der Waals surface area contributed by atoms with Crippen LogP contribution in [0.3, 0.4) is 0 Å². The van der Waals surface area contributed by atoms with E-state index in [9.17, 15) is 9.59 Å². The first kappa shape index (κ1) is 16.8. The van der Waals surface area contributed by atoms with Crippen LogP contribution in [0.15, 0.2) is 22.7 Å². The summed E-state index contributed by atoms with van der Waals surface area (Å²) in [6.45, 7) is 3.78. The van der Waals surface area contributed by atoms with Crippen LogP contribution in [-0.4, -0.2) is 23.1 Å². The van der Waals surface area contributed by atoms with Crippen molar-refractivity contribution in [2.45, 2.75) is 26.3 Å². The molecule has 20 heavy (non-hydrogen) atoms. The van der Waals surface area contributed by atoms with Gasteiger partial charge in [0.05, 0.1) is 10.7 Å². The van der Waals surface area contributed by atoms with E-state index in [1.165, 1.54) is 0 Å². The first-order chi connectivity index (χ1) is 9.29. The predicted molar refractivity (Wildman–Crippen MR) is 82.2 cm³/mol. The van der Waals surface area contributed by atoms with Gasteiger partial charge in [-0.05, 0) is 30.5 Å². The summed E-state index contributed by atoms with van der Waals surface area (Å²) in [6.07, 6.45) is 0.356. The Bertz CT molecular complexity index is 508. The molecule has 0 heterocycles. The number of carbonyl (C=O) groups excluding carboxylic acids is 1. The van der Waals surface area contributed by atoms with Gasteiger partial charge in [0.15, 0.2) is 0 Å². The maximum Gasteiger partial charge on any atom is 0.326 e. The zero-order valence-electron chi connectivity index (χ0n) is 11.1. The summed E-state index contributed by atoms with van der Waals surface area (Å²) in [5, 5.41) is 14.4. The van der Waals surface area contributed by atoms with Gasteiger partial charge in [0.2, 0.25) is 0 Å². The van der Waals surface area contributed by atoms with E-state index in [4.69, 9.17) is 16.7 Å². The SMILES string of the molecule is CC(C)C[C@@H](NC(=O)Nc1cc(Br)ccc1Cl)C(=O)O. The van der Waals surface area contributed by atoms with Crippen molar-refractivity contribution in [1.29, 1.82) is 0 Å². The summed E-state index contributed by atoms with van der Waals surface area (Å²) in [7, 11) is 0. The third kappa shape index (κ3) is 5.38. The third-order valence-electron chi connectivity index (χ3n) is 2.49. The highest BCUT2D eigenvalue weighted by Gasteiger charge is 2.21. The fourth-order valence-electron chi connectivity index (χ4n) is 1.60. The summed E-state index contributed by atoms with van der Waals surface area (Å²) in [4.78, 5) is 22.9. The maximum atomic E-state index is 11.8. The molecule has 5 nitrogen and oxygen atoms in total. The molecule has 110 valence electrons. The van der Waals surface area contributed by atoms with Gasteiger partial charge in [0.25, 0.3) is 0 Å². The van der Waals surface area contributed by atoms with Gasteiger partial charge in [0.1, 0.15) is 6.04 Å². The fraction of sp³-hybridized carbons (Fsp3) is 0.385. The number of aliphatic carboxylic acids is 1. The smallest absolute Gasteiger partial charge is 0.326 e. The lowest BCUT2D eigenvalue weighted by Gasteiger charge is -2.17. The van der Waals surface area contributed by atoms with Gasteiger partial charge < -0.3 is 15.7 Å². The Morgan fingerprint density at radius 1 is 1.40 bits per heavy atom. The Hall–Kier alpha value is -1.27. The topological polar surface area (TPSA) is 78.4 Å². The monoisotopic (exact) mass is 362 g/mol. The van der Waals surface area contributed by atoms with E-state index in [-0.39, 0.29) is 5.92 Å². The highest BCUT2D eigenvalue weighted by atomic mass is 79.9. The van der Waals surface area contributed by atoms with Gasteiger partial charge in [0, 0.05) is 4.47 Å². The molecule has 0 unspecified atom stereocenters. The quantitative estimate of drug-likeness (QED) is 0.746. The minimum absolute atomic E-state index is 0.158. The van der Waals surface area contributed by atoms with E-state index >= 15 is 0 Å². The summed E-state index contributed by atoms with van der Waals surface area (Å²) in [5.74, 6) is -0.903. The second kappa shape index (κ2) is 7.50. The number of halogens is 2. The second-order valence-corrected chi connectivity index (χ2v) is 6.07. The van der Waals surface area contributed by atoms with Crippen molar-refractivity contribution in [3.63, 3.8) is 0 Å². The molecule has 1 aromatic rings. The highest BCUT2D eigenvalue weighted by molar-refractivity contribution is 9.10. The van der Waals surface area contributed by atoms with Crippen LogP contribution in [-0.2, 0) is 4.79 Å². The number of urea groups is 1. The summed E-state index contributed by atoms with van der Waals surface area (Å²) in [5.41, 5.74) is 0.409. The van der Waals surface area contributed by atoms with E-state index in [0.717, 1.165) is 4.47 Å². The number of hydrogen-bond donors (Lipinski definition) is 3. The second-order valence-electron chi connectivity index (χ2n) is 4.74. The molecular weight excluding hydrogens is 348 g/mol. The van der Waals surface area contributed by atoms with Crippen molar-refractivity contribution in [2.75, 3.05) is 5.32 Å². The molecule has 0 fully saturated rings. The Labute approximate surface area is 130 Å². The van der Waals surface area contributed by atoms with Gasteiger partial charge in [-0.1, -0.05) is 41.4 Å². The lowest BCUT2D eigenvalue weighted by Crippen LogP contribution is -2.43. The molecule has 1 atom stereocenters. The Balaban J connectivity index is 2.70. The van der Waals surface area contributed by atoms with Gasteiger partial charge in [-0.2, -0.15) is 0 Å². The molecule has 0 aliphatic heterocycles. The molecular formula is C13H16BrClN2O3. The minimum atomic E-state index is -1.06. The number of rotatable bonds is 5. The van der Waals surface area contributed by atoms with Crippen molar-refractivity contribution in [3.8, 4) is 0 Å². The molecule has 1 aromatic carbocycles. The number of hydrogen-bond acceptors (Lipinski definition) is 2. The Morgan fingerprint density at radius 2 is 2.05 bits per heavy atom. The molecule has 0 aliphatic rings. The molecule has 2 amide bonds. The Kier molecular flexibility index (Phi) is 6.29. The number of carboxylic acids is 1. The normalized spacial score (nSPS) is 12.1. The molecule has 0 aliphatic carbocycles. The highest BCUT2D eigenvalue weighted by Crippen LogP contribution is 2.25. The van der Waals surface area contributed by atoms with E-state index in [1.54, 1.807) is 18.2 Å². The minimum Gasteiger partial charge on any atom is -0.480 e. The lowest BCUT2D eigenvalue weighted by molar-refractivity contribution is -0.139. The van der Waals surface area contributed by atoms with Crippen molar-refractivity contribution < 1.29 is 14.7 Å². The summed E-state index contributed by atoms with van der Waals surface area (Å²) in [6, 6.07) is 3.48. The van der Waals surface area contributed by atoms with Crippen LogP contribution in [0.25, 0.3) is 0 Å². The molecule has 0 bridgehead atoms. The first-order valence-electron chi connectivity index (χ1n) is 6.05. The van der Waals surface area contributed by atoms with Gasteiger partial charge in [-0.15, -0.1) is 0 Å². The number of benzene rings is 1. The van der Waals surface area contributed by atoms with E-state index in [0.29, 0.717) is 17.1 Å². The number of carboxylic acid groups (broad SMARTS) is 1. The van der Waals surface area contributed by atoms with Crippen LogP contribution in [0.2, 0.25) is 5.02 Å². The lowest BCUT2D eigenvalue weighted by atomic mass is 10.0. The van der Waals surface area contributed by atoms with Crippen LogP contribution < -0.4 is 10.6 Å². The molecule has 0 radical (unpaired) electrons. The molecule has 1 rings (SSSR count). The van der Waals surface area contributed by atoms with Gasteiger partial charge in [-0.3, -0.25) is 0 Å². The number of amides is 2. The van der Waals surface area contributed by atoms with Crippen LogP contribution in [0.4, 0.5) is 10.5 Å². The van der Waals surface area contributed by atoms with Crippen LogP contribution in [0.1, 0.15) is 20.3 Å². The average molecular weight is 364 g/mol. The molecule has 7 heteroatoms. The largest absolute Gasteiger partial charge is 0.480 e. The molecule has 3 N–H and O–H groups in total. The van der Waals surface area contributed by atoms with Gasteiger partial charge >= 0.3 is 12.0 Å². The molecule has 0 aromatic heterocycles. The number of carbonyl (C=O) groups is 2. The zero-order valence-corrected chi connectivity index (χ0v) is 13.5. The average Bonchev–Trinajstić information content (AvgIpc) is 2.32. The fourth-order valence-corrected chi connectivity index (χ4v) is 2.13. The van der Waals surface area contributed by atoms with Crippen LogP contribution in [0, 0.1) is 5.92 Å². The van der Waals surface area contributed by atoms with E-state index in [2.05, 4.69) is 26.6 Å². The van der Waals surface area contributed by atoms with Crippen molar-refractivity contribution in [3.05, 3.63) is 27.7 Å². The zero-order chi connectivity index (χ0) is 15.3. The van der Waals surface area contributed by atoms with Crippen molar-refractivity contribution in [2.24, 2.45) is 5.92 Å². The summed E-state index contributed by atoms with van der Waals surface area (Å²) >= 11 is 9.21. The standard InChI is InChI=1S/C13H16BrClN2O3/c1-7(2)5-11(12(18)19)17-13(20)16-10-6-8(14)3-4-9(10)15/h3-4,6-7,11H,5H2,1-2H3,(H,18,19)(H2,16,17,20)/t11-/m1/s1. The van der Waals surface area contributed by atoms with Crippen molar-refractivity contribution >= 4 is 45.2 Å². The molecule has 0 saturated heterocycles.